The number of aryl methyl sites for hydroxylation is 2. The van der Waals surface area contributed by atoms with Gasteiger partial charge in [0.1, 0.15) is 11.6 Å². The molecule has 0 saturated carbocycles. The summed E-state index contributed by atoms with van der Waals surface area (Å²) in [6.07, 6.45) is 0. The smallest absolute Gasteiger partial charge is 0.197 e. The topological polar surface area (TPSA) is 77.0 Å². The Morgan fingerprint density at radius 1 is 1.22 bits per heavy atom. The van der Waals surface area contributed by atoms with E-state index in [1.165, 1.54) is 0 Å². The van der Waals surface area contributed by atoms with Crippen LogP contribution in [-0.2, 0) is 0 Å². The van der Waals surface area contributed by atoms with E-state index in [1.54, 1.807) is 0 Å². The zero-order valence-electron chi connectivity index (χ0n) is 11.1. The Kier molecular flexibility index (Phi) is 3.34. The molecule has 2 heterocycles. The predicted octanol–water partition coefficient (Wildman–Crippen LogP) is 2.76. The van der Waals surface area contributed by atoms with Crippen LogP contribution in [0.4, 0.5) is 5.82 Å². The molecule has 0 aliphatic heterocycles. The molecule has 0 aliphatic carbocycles. The van der Waals surface area contributed by atoms with Crippen LogP contribution in [0.1, 0.15) is 36.8 Å². The Bertz CT molecular complexity index is 560. The lowest BCUT2D eigenvalue weighted by Gasteiger charge is -2.14. The number of hydrogen-bond acceptors (Lipinski definition) is 5. The molecule has 5 nitrogen and oxygen atoms in total. The Balaban J connectivity index is 2.55. The van der Waals surface area contributed by atoms with Crippen LogP contribution in [0, 0.1) is 13.8 Å². The second-order valence-corrected chi connectivity index (χ2v) is 4.60. The standard InChI is InChI=1S/C13H18N4O/c1-7(2)11-9(4)15-12(16-13(11)17-14)10-6-5-8(3)18-10/h5-7H,14H2,1-4H3,(H,15,16,17). The third kappa shape index (κ3) is 2.22. The first-order valence-electron chi connectivity index (χ1n) is 5.95. The fraction of sp³-hybridized carbons (Fsp3) is 0.385. The summed E-state index contributed by atoms with van der Waals surface area (Å²) in [6.45, 7) is 8.02. The highest BCUT2D eigenvalue weighted by Gasteiger charge is 2.16. The SMILES string of the molecule is Cc1ccc(-c2nc(C)c(C(C)C)c(NN)n2)o1. The molecule has 5 heteroatoms. The molecule has 0 aliphatic rings. The molecule has 2 aromatic heterocycles. The molecule has 0 radical (unpaired) electrons. The quantitative estimate of drug-likeness (QED) is 0.643. The van der Waals surface area contributed by atoms with Gasteiger partial charge in [-0.3, -0.25) is 0 Å². The first-order valence-corrected chi connectivity index (χ1v) is 5.95. The van der Waals surface area contributed by atoms with Gasteiger partial charge in [-0.05, 0) is 31.9 Å². The van der Waals surface area contributed by atoms with E-state index >= 15 is 0 Å². The van der Waals surface area contributed by atoms with Crippen molar-refractivity contribution in [1.82, 2.24) is 9.97 Å². The molecule has 2 aromatic rings. The van der Waals surface area contributed by atoms with Crippen molar-refractivity contribution in [1.29, 1.82) is 0 Å². The summed E-state index contributed by atoms with van der Waals surface area (Å²) in [6, 6.07) is 3.75. The zero-order valence-corrected chi connectivity index (χ0v) is 11.1. The number of nitrogens with zero attached hydrogens (tertiary/aromatic N) is 2. The maximum atomic E-state index is 5.54. The van der Waals surface area contributed by atoms with Crippen molar-refractivity contribution >= 4 is 5.82 Å². The molecule has 2 rings (SSSR count). The Labute approximate surface area is 106 Å². The average molecular weight is 246 g/mol. The van der Waals surface area contributed by atoms with Gasteiger partial charge in [-0.25, -0.2) is 15.8 Å². The molecule has 0 amide bonds. The van der Waals surface area contributed by atoms with Crippen molar-refractivity contribution in [2.75, 3.05) is 5.43 Å². The fourth-order valence-corrected chi connectivity index (χ4v) is 2.05. The lowest BCUT2D eigenvalue weighted by molar-refractivity contribution is 0.543. The van der Waals surface area contributed by atoms with E-state index in [1.807, 2.05) is 26.0 Å². The van der Waals surface area contributed by atoms with Crippen LogP contribution in [-0.4, -0.2) is 9.97 Å². The highest BCUT2D eigenvalue weighted by molar-refractivity contribution is 5.56. The van der Waals surface area contributed by atoms with Crippen molar-refractivity contribution in [2.45, 2.75) is 33.6 Å². The molecule has 0 unspecified atom stereocenters. The van der Waals surface area contributed by atoms with Gasteiger partial charge >= 0.3 is 0 Å². The summed E-state index contributed by atoms with van der Waals surface area (Å²) in [5.41, 5.74) is 4.59. The second-order valence-electron chi connectivity index (χ2n) is 4.60. The van der Waals surface area contributed by atoms with Crippen LogP contribution in [0.5, 0.6) is 0 Å². The van der Waals surface area contributed by atoms with Crippen molar-refractivity contribution in [3.63, 3.8) is 0 Å². The first-order chi connectivity index (χ1) is 8.52. The van der Waals surface area contributed by atoms with Gasteiger partial charge < -0.3 is 9.84 Å². The summed E-state index contributed by atoms with van der Waals surface area (Å²) in [4.78, 5) is 8.90. The van der Waals surface area contributed by atoms with Crippen LogP contribution >= 0.6 is 0 Å². The van der Waals surface area contributed by atoms with Crippen molar-refractivity contribution in [2.24, 2.45) is 5.84 Å². The number of rotatable bonds is 3. The van der Waals surface area contributed by atoms with Gasteiger partial charge in [0.05, 0.1) is 0 Å². The molecule has 3 N–H and O–H groups in total. The third-order valence-electron chi connectivity index (χ3n) is 2.81. The molecule has 0 fully saturated rings. The van der Waals surface area contributed by atoms with Gasteiger partial charge in [-0.1, -0.05) is 13.8 Å². The van der Waals surface area contributed by atoms with Crippen molar-refractivity contribution < 1.29 is 4.42 Å². The van der Waals surface area contributed by atoms with Gasteiger partial charge in [-0.15, -0.1) is 0 Å². The first kappa shape index (κ1) is 12.6. The number of hydrogen-bond donors (Lipinski definition) is 2. The summed E-state index contributed by atoms with van der Waals surface area (Å²) in [7, 11) is 0. The number of hydrazine groups is 1. The summed E-state index contributed by atoms with van der Waals surface area (Å²) in [5, 5.41) is 0. The third-order valence-corrected chi connectivity index (χ3v) is 2.81. The Morgan fingerprint density at radius 3 is 2.44 bits per heavy atom. The van der Waals surface area contributed by atoms with E-state index in [9.17, 15) is 0 Å². The summed E-state index contributed by atoms with van der Waals surface area (Å²) < 4.78 is 5.53. The van der Waals surface area contributed by atoms with Gasteiger partial charge in [0, 0.05) is 11.3 Å². The Hall–Kier alpha value is -1.88. The number of aromatic nitrogens is 2. The minimum absolute atomic E-state index is 0.309. The minimum Gasteiger partial charge on any atom is -0.458 e. The van der Waals surface area contributed by atoms with E-state index in [-0.39, 0.29) is 0 Å². The summed E-state index contributed by atoms with van der Waals surface area (Å²) in [5.74, 6) is 8.54. The van der Waals surface area contributed by atoms with Crippen LogP contribution in [0.25, 0.3) is 11.6 Å². The van der Waals surface area contributed by atoms with E-state index < -0.39 is 0 Å². The fourth-order valence-electron chi connectivity index (χ4n) is 2.05. The molecule has 0 spiro atoms. The van der Waals surface area contributed by atoms with Gasteiger partial charge in [0.2, 0.25) is 0 Å². The van der Waals surface area contributed by atoms with E-state index in [0.717, 1.165) is 17.0 Å². The molecule has 0 aromatic carbocycles. The van der Waals surface area contributed by atoms with Gasteiger partial charge in [0.25, 0.3) is 0 Å². The summed E-state index contributed by atoms with van der Waals surface area (Å²) >= 11 is 0. The average Bonchev–Trinajstić information content (AvgIpc) is 2.74. The normalized spacial score (nSPS) is 11.0. The van der Waals surface area contributed by atoms with E-state index in [4.69, 9.17) is 10.3 Å². The predicted molar refractivity (Wildman–Crippen MR) is 71.1 cm³/mol. The molecular weight excluding hydrogens is 228 g/mol. The van der Waals surface area contributed by atoms with E-state index in [0.29, 0.717) is 23.3 Å². The molecule has 96 valence electrons. The lowest BCUT2D eigenvalue weighted by atomic mass is 10.0. The molecule has 18 heavy (non-hydrogen) atoms. The minimum atomic E-state index is 0.309. The van der Waals surface area contributed by atoms with Crippen LogP contribution in [0.2, 0.25) is 0 Å². The number of furan rings is 1. The van der Waals surface area contributed by atoms with Crippen molar-refractivity contribution in [3.8, 4) is 11.6 Å². The number of nitrogens with one attached hydrogen (secondary N) is 1. The highest BCUT2D eigenvalue weighted by Crippen LogP contribution is 2.28. The molecule has 0 atom stereocenters. The van der Waals surface area contributed by atoms with Gasteiger partial charge in [0.15, 0.2) is 11.6 Å². The number of nitrogen functional groups attached to an aromatic ring is 1. The molecular formula is C13H18N4O. The molecule has 0 saturated heterocycles. The van der Waals surface area contributed by atoms with Crippen LogP contribution < -0.4 is 11.3 Å². The van der Waals surface area contributed by atoms with Crippen molar-refractivity contribution in [3.05, 3.63) is 29.2 Å². The van der Waals surface area contributed by atoms with Crippen LogP contribution in [0.15, 0.2) is 16.5 Å². The van der Waals surface area contributed by atoms with Gasteiger partial charge in [-0.2, -0.15) is 0 Å². The maximum absolute atomic E-state index is 5.54. The van der Waals surface area contributed by atoms with E-state index in [2.05, 4.69) is 29.2 Å². The second kappa shape index (κ2) is 4.78. The number of nitrogens with two attached hydrogens (primary N) is 1. The number of anilines is 1. The maximum Gasteiger partial charge on any atom is 0.197 e. The monoisotopic (exact) mass is 246 g/mol. The largest absolute Gasteiger partial charge is 0.458 e. The zero-order chi connectivity index (χ0) is 13.3. The van der Waals surface area contributed by atoms with Crippen LogP contribution in [0.3, 0.4) is 0 Å². The Morgan fingerprint density at radius 2 is 1.94 bits per heavy atom. The highest BCUT2D eigenvalue weighted by atomic mass is 16.3. The molecule has 0 bridgehead atoms. The lowest BCUT2D eigenvalue weighted by Crippen LogP contribution is -2.14.